The minimum Gasteiger partial charge on any atom is -0.427 e. The van der Waals surface area contributed by atoms with Crippen molar-refractivity contribution in [3.8, 4) is 5.75 Å². The van der Waals surface area contributed by atoms with Gasteiger partial charge in [-0.3, -0.25) is 4.79 Å². The van der Waals surface area contributed by atoms with Gasteiger partial charge in [-0.2, -0.15) is 0 Å². The highest BCUT2D eigenvalue weighted by molar-refractivity contribution is 5.69. The van der Waals surface area contributed by atoms with Crippen LogP contribution in [0.15, 0.2) is 18.2 Å². The fraction of sp³-hybridized carbons (Fsp3) is 0.364. The zero-order valence-corrected chi connectivity index (χ0v) is 8.26. The molecule has 2 heteroatoms. The lowest BCUT2D eigenvalue weighted by Gasteiger charge is -2.05. The van der Waals surface area contributed by atoms with Crippen LogP contribution in [0.4, 0.5) is 0 Å². The SMILES string of the molecule is CCc1cc(OC(C)=O)ccc1C. The number of aryl methyl sites for hydroxylation is 2. The molecule has 0 spiro atoms. The van der Waals surface area contributed by atoms with Crippen molar-refractivity contribution in [1.82, 2.24) is 0 Å². The Morgan fingerprint density at radius 1 is 1.46 bits per heavy atom. The summed E-state index contributed by atoms with van der Waals surface area (Å²) >= 11 is 0. The van der Waals surface area contributed by atoms with E-state index in [9.17, 15) is 4.79 Å². The van der Waals surface area contributed by atoms with Gasteiger partial charge < -0.3 is 4.74 Å². The van der Waals surface area contributed by atoms with Crippen LogP contribution in [0.2, 0.25) is 0 Å². The van der Waals surface area contributed by atoms with Crippen LogP contribution in [-0.2, 0) is 11.2 Å². The van der Waals surface area contributed by atoms with Gasteiger partial charge in [0.05, 0.1) is 0 Å². The molecular formula is C11H14O2. The van der Waals surface area contributed by atoms with E-state index in [0.29, 0.717) is 5.75 Å². The van der Waals surface area contributed by atoms with Crippen molar-refractivity contribution in [2.45, 2.75) is 27.2 Å². The predicted molar refractivity (Wildman–Crippen MR) is 51.9 cm³/mol. The summed E-state index contributed by atoms with van der Waals surface area (Å²) in [6.07, 6.45) is 0.959. The third-order valence-electron chi connectivity index (χ3n) is 1.96. The van der Waals surface area contributed by atoms with Crippen LogP contribution in [0, 0.1) is 6.92 Å². The lowest BCUT2D eigenvalue weighted by molar-refractivity contribution is -0.131. The Morgan fingerprint density at radius 2 is 2.15 bits per heavy atom. The number of esters is 1. The first-order chi connectivity index (χ1) is 6.13. The van der Waals surface area contributed by atoms with Gasteiger partial charge in [-0.15, -0.1) is 0 Å². The molecule has 2 nitrogen and oxygen atoms in total. The second kappa shape index (κ2) is 4.08. The zero-order chi connectivity index (χ0) is 9.84. The number of hydrogen-bond acceptors (Lipinski definition) is 2. The number of hydrogen-bond donors (Lipinski definition) is 0. The summed E-state index contributed by atoms with van der Waals surface area (Å²) in [7, 11) is 0. The van der Waals surface area contributed by atoms with Crippen LogP contribution in [0.5, 0.6) is 5.75 Å². The van der Waals surface area contributed by atoms with Crippen LogP contribution >= 0.6 is 0 Å². The van der Waals surface area contributed by atoms with Gasteiger partial charge in [0, 0.05) is 6.92 Å². The maximum Gasteiger partial charge on any atom is 0.308 e. The Balaban J connectivity index is 2.92. The summed E-state index contributed by atoms with van der Waals surface area (Å²) in [5.41, 5.74) is 2.46. The van der Waals surface area contributed by atoms with Gasteiger partial charge in [0.2, 0.25) is 0 Å². The minimum absolute atomic E-state index is 0.272. The van der Waals surface area contributed by atoms with Gasteiger partial charge in [0.15, 0.2) is 0 Å². The molecule has 0 saturated heterocycles. The van der Waals surface area contributed by atoms with Crippen molar-refractivity contribution >= 4 is 5.97 Å². The molecule has 0 unspecified atom stereocenters. The molecule has 0 amide bonds. The first kappa shape index (κ1) is 9.78. The minimum atomic E-state index is -0.272. The first-order valence-corrected chi connectivity index (χ1v) is 4.41. The molecule has 0 saturated carbocycles. The van der Waals surface area contributed by atoms with E-state index in [2.05, 4.69) is 13.8 Å². The third-order valence-corrected chi connectivity index (χ3v) is 1.96. The molecule has 0 aliphatic carbocycles. The van der Waals surface area contributed by atoms with Crippen molar-refractivity contribution in [1.29, 1.82) is 0 Å². The Bertz CT molecular complexity index is 316. The monoisotopic (exact) mass is 178 g/mol. The number of rotatable bonds is 2. The normalized spacial score (nSPS) is 9.77. The van der Waals surface area contributed by atoms with E-state index < -0.39 is 0 Å². The molecule has 0 N–H and O–H groups in total. The maximum atomic E-state index is 10.7. The highest BCUT2D eigenvalue weighted by Crippen LogP contribution is 2.17. The molecule has 0 aliphatic heterocycles. The fourth-order valence-electron chi connectivity index (χ4n) is 1.26. The number of carbonyl (C=O) groups is 1. The maximum absolute atomic E-state index is 10.7. The van der Waals surface area contributed by atoms with E-state index >= 15 is 0 Å². The molecule has 0 bridgehead atoms. The summed E-state index contributed by atoms with van der Waals surface area (Å²) < 4.78 is 4.97. The Morgan fingerprint density at radius 3 is 2.69 bits per heavy atom. The lowest BCUT2D eigenvalue weighted by atomic mass is 10.1. The summed E-state index contributed by atoms with van der Waals surface area (Å²) in [6, 6.07) is 5.70. The summed E-state index contributed by atoms with van der Waals surface area (Å²) in [5, 5.41) is 0. The molecule has 0 aromatic heterocycles. The van der Waals surface area contributed by atoms with Crippen molar-refractivity contribution in [2.24, 2.45) is 0 Å². The standard InChI is InChI=1S/C11H14O2/c1-4-10-7-11(13-9(3)12)6-5-8(10)2/h5-7H,4H2,1-3H3. The molecule has 0 radical (unpaired) electrons. The van der Waals surface area contributed by atoms with Gasteiger partial charge >= 0.3 is 5.97 Å². The molecule has 0 fully saturated rings. The van der Waals surface area contributed by atoms with E-state index in [1.54, 1.807) is 0 Å². The number of ether oxygens (including phenoxy) is 1. The van der Waals surface area contributed by atoms with Crippen LogP contribution in [-0.4, -0.2) is 5.97 Å². The highest BCUT2D eigenvalue weighted by Gasteiger charge is 2.01. The molecule has 13 heavy (non-hydrogen) atoms. The molecule has 70 valence electrons. The van der Waals surface area contributed by atoms with Crippen LogP contribution in [0.1, 0.15) is 25.0 Å². The van der Waals surface area contributed by atoms with Crippen LogP contribution < -0.4 is 4.74 Å². The van der Waals surface area contributed by atoms with E-state index in [-0.39, 0.29) is 5.97 Å². The third kappa shape index (κ3) is 2.58. The summed E-state index contributed by atoms with van der Waals surface area (Å²) in [5.74, 6) is 0.362. The van der Waals surface area contributed by atoms with Gasteiger partial charge in [0.25, 0.3) is 0 Å². The molecule has 0 heterocycles. The van der Waals surface area contributed by atoms with Crippen LogP contribution in [0.25, 0.3) is 0 Å². The van der Waals surface area contributed by atoms with Gasteiger partial charge in [-0.05, 0) is 36.6 Å². The van der Waals surface area contributed by atoms with Gasteiger partial charge in [-0.1, -0.05) is 13.0 Å². The van der Waals surface area contributed by atoms with Gasteiger partial charge in [0.1, 0.15) is 5.75 Å². The largest absolute Gasteiger partial charge is 0.427 e. The van der Waals surface area contributed by atoms with Crippen molar-refractivity contribution < 1.29 is 9.53 Å². The second-order valence-corrected chi connectivity index (χ2v) is 3.04. The van der Waals surface area contributed by atoms with Crippen molar-refractivity contribution in [3.05, 3.63) is 29.3 Å². The topological polar surface area (TPSA) is 26.3 Å². The van der Waals surface area contributed by atoms with Crippen molar-refractivity contribution in [2.75, 3.05) is 0 Å². The average molecular weight is 178 g/mol. The smallest absolute Gasteiger partial charge is 0.308 e. The molecule has 0 atom stereocenters. The fourth-order valence-corrected chi connectivity index (χ4v) is 1.26. The molecule has 1 rings (SSSR count). The summed E-state index contributed by atoms with van der Waals surface area (Å²) in [6.45, 7) is 5.54. The van der Waals surface area contributed by atoms with E-state index in [4.69, 9.17) is 4.74 Å². The molecule has 0 aliphatic rings. The number of carbonyl (C=O) groups excluding carboxylic acids is 1. The zero-order valence-electron chi connectivity index (χ0n) is 8.26. The Hall–Kier alpha value is -1.31. The molecule has 1 aromatic carbocycles. The Labute approximate surface area is 78.5 Å². The predicted octanol–water partition coefficient (Wildman–Crippen LogP) is 2.48. The highest BCUT2D eigenvalue weighted by atomic mass is 16.5. The van der Waals surface area contributed by atoms with E-state index in [0.717, 1.165) is 6.42 Å². The molecular weight excluding hydrogens is 164 g/mol. The summed E-state index contributed by atoms with van der Waals surface area (Å²) in [4.78, 5) is 10.7. The van der Waals surface area contributed by atoms with E-state index in [1.807, 2.05) is 18.2 Å². The van der Waals surface area contributed by atoms with Crippen LogP contribution in [0.3, 0.4) is 0 Å². The van der Waals surface area contributed by atoms with Crippen molar-refractivity contribution in [3.63, 3.8) is 0 Å². The lowest BCUT2D eigenvalue weighted by Crippen LogP contribution is -2.02. The quantitative estimate of drug-likeness (QED) is 0.513. The van der Waals surface area contributed by atoms with E-state index in [1.165, 1.54) is 18.1 Å². The second-order valence-electron chi connectivity index (χ2n) is 3.04. The number of benzene rings is 1. The first-order valence-electron chi connectivity index (χ1n) is 4.41. The average Bonchev–Trinajstić information content (AvgIpc) is 2.07. The Kier molecular flexibility index (Phi) is 3.07. The van der Waals surface area contributed by atoms with Gasteiger partial charge in [-0.25, -0.2) is 0 Å². The molecule has 1 aromatic rings.